The van der Waals surface area contributed by atoms with Crippen molar-refractivity contribution in [3.63, 3.8) is 0 Å². The highest BCUT2D eigenvalue weighted by Crippen LogP contribution is 2.28. The molecule has 9 nitrogen and oxygen atoms in total. The third-order valence-electron chi connectivity index (χ3n) is 5.63. The van der Waals surface area contributed by atoms with Crippen LogP contribution in [-0.2, 0) is 4.79 Å². The van der Waals surface area contributed by atoms with Gasteiger partial charge in [0, 0.05) is 19.1 Å². The molecule has 0 saturated carbocycles. The van der Waals surface area contributed by atoms with Crippen molar-refractivity contribution in [2.75, 3.05) is 40.3 Å². The van der Waals surface area contributed by atoms with Crippen molar-refractivity contribution >= 4 is 46.9 Å². The fourth-order valence-electron chi connectivity index (χ4n) is 4.00. The summed E-state index contributed by atoms with van der Waals surface area (Å²) in [5, 5.41) is 11.5. The topological polar surface area (TPSA) is 88.7 Å². The number of amides is 3. The summed E-state index contributed by atoms with van der Waals surface area (Å²) >= 11 is 12.0. The van der Waals surface area contributed by atoms with E-state index < -0.39 is 18.2 Å². The Kier molecular flexibility index (Phi) is 6.09. The first kappa shape index (κ1) is 21.9. The number of carbonyl (C=O) groups excluding carboxylic acids is 2. The zero-order chi connectivity index (χ0) is 22.3. The zero-order valence-corrected chi connectivity index (χ0v) is 18.8. The van der Waals surface area contributed by atoms with Gasteiger partial charge in [-0.3, -0.25) is 19.2 Å². The normalized spacial score (nSPS) is 22.3. The van der Waals surface area contributed by atoms with E-state index in [-0.39, 0.29) is 19.1 Å². The summed E-state index contributed by atoms with van der Waals surface area (Å²) in [4.78, 5) is 34.2. The monoisotopic (exact) mass is 468 g/mol. The number of hydrogen-bond donors (Lipinski definition) is 1. The van der Waals surface area contributed by atoms with Crippen LogP contribution in [0.15, 0.2) is 23.2 Å². The number of aliphatic hydroxyl groups excluding tert-OH is 1. The summed E-state index contributed by atoms with van der Waals surface area (Å²) in [7, 11) is 3.05. The Morgan fingerprint density at radius 1 is 1.23 bits per heavy atom. The molecule has 166 valence electrons. The number of nitrogens with zero attached hydrogens (tertiary/aromatic N) is 5. The third kappa shape index (κ3) is 4.09. The number of urea groups is 1. The Morgan fingerprint density at radius 3 is 2.61 bits per heavy atom. The lowest BCUT2D eigenvalue weighted by Crippen LogP contribution is -2.63. The number of ether oxygens (including phenoxy) is 1. The summed E-state index contributed by atoms with van der Waals surface area (Å²) in [5.41, 5.74) is 0. The summed E-state index contributed by atoms with van der Waals surface area (Å²) in [6.07, 6.45) is 1.12. The van der Waals surface area contributed by atoms with Crippen LogP contribution in [0.4, 0.5) is 4.79 Å². The first-order valence-electron chi connectivity index (χ1n) is 10.1. The van der Waals surface area contributed by atoms with E-state index in [9.17, 15) is 14.7 Å². The second-order valence-electron chi connectivity index (χ2n) is 7.80. The molecular weight excluding hydrogens is 445 g/mol. The average Bonchev–Trinajstić information content (AvgIpc) is 3.38. The molecule has 11 heteroatoms. The van der Waals surface area contributed by atoms with E-state index >= 15 is 0 Å². The van der Waals surface area contributed by atoms with Crippen LogP contribution >= 0.6 is 23.2 Å². The number of carbonyl (C=O) groups is 2. The van der Waals surface area contributed by atoms with Gasteiger partial charge in [0.25, 0.3) is 5.91 Å². The molecule has 1 aromatic carbocycles. The minimum atomic E-state index is -0.931. The first-order valence-corrected chi connectivity index (χ1v) is 10.8. The molecule has 1 aromatic rings. The van der Waals surface area contributed by atoms with E-state index in [1.807, 2.05) is 0 Å². The molecule has 3 heterocycles. The first-order chi connectivity index (χ1) is 14.8. The molecule has 2 fully saturated rings. The summed E-state index contributed by atoms with van der Waals surface area (Å²) in [5.74, 6) is 1.02. The smallest absolute Gasteiger partial charge is 0.392 e. The fourth-order valence-corrected chi connectivity index (χ4v) is 4.46. The van der Waals surface area contributed by atoms with Crippen molar-refractivity contribution in [2.24, 2.45) is 4.99 Å². The Bertz CT molecular complexity index is 974. The zero-order valence-electron chi connectivity index (χ0n) is 17.3. The second-order valence-corrected chi connectivity index (χ2v) is 8.64. The molecule has 3 amide bonds. The molecule has 0 bridgehead atoms. The molecule has 3 aliphatic rings. The SMILES string of the molecule is CN1C(=O)C2C(=NC(=[N+]3CCCC3)N2CC(O)COc2ccc(Cl)cc2Cl)N(C)C1=O. The van der Waals surface area contributed by atoms with E-state index in [2.05, 4.69) is 9.57 Å². The maximum Gasteiger partial charge on any atom is 0.392 e. The number of aliphatic imine (C=N–C) groups is 1. The van der Waals surface area contributed by atoms with Gasteiger partial charge in [-0.1, -0.05) is 28.2 Å². The minimum absolute atomic E-state index is 0.0357. The van der Waals surface area contributed by atoms with Gasteiger partial charge in [0.05, 0.1) is 24.7 Å². The van der Waals surface area contributed by atoms with E-state index in [0.717, 1.165) is 30.8 Å². The number of amidine groups is 1. The van der Waals surface area contributed by atoms with E-state index in [1.165, 1.54) is 11.9 Å². The number of fused-ring (bicyclic) bond motifs is 1. The minimum Gasteiger partial charge on any atom is -0.489 e. The van der Waals surface area contributed by atoms with Gasteiger partial charge in [0.2, 0.25) is 11.9 Å². The van der Waals surface area contributed by atoms with E-state index in [4.69, 9.17) is 27.9 Å². The number of rotatable bonds is 5. The second kappa shape index (κ2) is 8.64. The highest BCUT2D eigenvalue weighted by Gasteiger charge is 2.55. The molecule has 1 N–H and O–H groups in total. The van der Waals surface area contributed by atoms with Gasteiger partial charge >= 0.3 is 12.0 Å². The van der Waals surface area contributed by atoms with Crippen molar-refractivity contribution in [2.45, 2.75) is 25.0 Å². The number of hydrogen-bond acceptors (Lipinski definition) is 4. The quantitative estimate of drug-likeness (QED) is 0.661. The maximum atomic E-state index is 13.0. The molecule has 2 unspecified atom stereocenters. The lowest BCUT2D eigenvalue weighted by Gasteiger charge is -2.33. The standard InChI is InChI=1S/C20H24Cl2N5O4/c1-24-17-16(18(29)25(2)20(24)30)27(19(23-17)26-7-3-4-8-26)10-13(28)11-31-15-6-5-12(21)9-14(15)22/h5-6,9,13,16,28H,3-4,7-8,10-11H2,1-2H3/q+1. The van der Waals surface area contributed by atoms with Crippen molar-refractivity contribution in [1.82, 2.24) is 14.7 Å². The summed E-state index contributed by atoms with van der Waals surface area (Å²) in [6.45, 7) is 1.69. The number of imide groups is 1. The molecule has 0 aromatic heterocycles. The van der Waals surface area contributed by atoms with Gasteiger partial charge in [-0.15, -0.1) is 0 Å². The fraction of sp³-hybridized carbons (Fsp3) is 0.500. The average molecular weight is 469 g/mol. The third-order valence-corrected chi connectivity index (χ3v) is 6.16. The maximum absolute atomic E-state index is 13.0. The van der Waals surface area contributed by atoms with Crippen molar-refractivity contribution in [3.05, 3.63) is 28.2 Å². The van der Waals surface area contributed by atoms with Gasteiger partial charge in [-0.05, 0) is 31.0 Å². The molecule has 31 heavy (non-hydrogen) atoms. The van der Waals surface area contributed by atoms with Crippen LogP contribution in [0.2, 0.25) is 10.0 Å². The number of halogens is 2. The number of aliphatic hydroxyl groups is 1. The van der Waals surface area contributed by atoms with Crippen LogP contribution in [0, 0.1) is 0 Å². The van der Waals surface area contributed by atoms with E-state index in [1.54, 1.807) is 30.1 Å². The lowest BCUT2D eigenvalue weighted by atomic mass is 10.1. The van der Waals surface area contributed by atoms with Crippen LogP contribution in [0.5, 0.6) is 5.75 Å². The number of benzene rings is 1. The van der Waals surface area contributed by atoms with Crippen LogP contribution in [0.1, 0.15) is 12.8 Å². The molecule has 0 radical (unpaired) electrons. The van der Waals surface area contributed by atoms with Crippen molar-refractivity contribution in [1.29, 1.82) is 0 Å². The molecular formula is C20H24Cl2N5O4+. The summed E-state index contributed by atoms with van der Waals surface area (Å²) in [6, 6.07) is 3.66. The van der Waals surface area contributed by atoms with Gasteiger partial charge in [0.15, 0.2) is 0 Å². The summed E-state index contributed by atoms with van der Waals surface area (Å²) < 4.78 is 7.74. The Balaban J connectivity index is 1.55. The van der Waals surface area contributed by atoms with Crippen LogP contribution in [-0.4, -0.2) is 101 Å². The highest BCUT2D eigenvalue weighted by atomic mass is 35.5. The predicted octanol–water partition coefficient (Wildman–Crippen LogP) is 1.50. The molecule has 3 aliphatic heterocycles. The number of β-amino-alcohol motifs (C(OH)–C–C–N with tert-alkyl or cyclic N) is 1. The Hall–Kier alpha value is -2.36. The molecule has 2 atom stereocenters. The van der Waals surface area contributed by atoms with Crippen LogP contribution in [0.3, 0.4) is 0 Å². The van der Waals surface area contributed by atoms with Crippen molar-refractivity contribution in [3.8, 4) is 5.75 Å². The molecule has 4 rings (SSSR count). The largest absolute Gasteiger partial charge is 0.489 e. The lowest BCUT2D eigenvalue weighted by molar-refractivity contribution is -0.511. The van der Waals surface area contributed by atoms with Crippen LogP contribution < -0.4 is 4.74 Å². The number of guanidine groups is 1. The van der Waals surface area contributed by atoms with Gasteiger partial charge in [0.1, 0.15) is 18.5 Å². The Labute approximate surface area is 190 Å². The van der Waals surface area contributed by atoms with Gasteiger partial charge in [-0.25, -0.2) is 9.69 Å². The Morgan fingerprint density at radius 2 is 1.94 bits per heavy atom. The molecule has 2 saturated heterocycles. The van der Waals surface area contributed by atoms with Crippen LogP contribution in [0.25, 0.3) is 0 Å². The predicted molar refractivity (Wildman–Crippen MR) is 116 cm³/mol. The van der Waals surface area contributed by atoms with E-state index in [0.29, 0.717) is 27.6 Å². The van der Waals surface area contributed by atoms with Gasteiger partial charge < -0.3 is 9.84 Å². The van der Waals surface area contributed by atoms with Crippen molar-refractivity contribution < 1.29 is 24.0 Å². The molecule has 0 aliphatic carbocycles. The number of likely N-dealkylation sites (N-methyl/N-ethyl adjacent to an activating group) is 2. The highest BCUT2D eigenvalue weighted by molar-refractivity contribution is 6.35. The molecule has 0 spiro atoms. The van der Waals surface area contributed by atoms with Gasteiger partial charge in [-0.2, -0.15) is 0 Å².